The molecule has 0 unspecified atom stereocenters. The molecule has 2 amide bonds. The number of rotatable bonds is 3. The molecule has 0 fully saturated rings. The minimum Gasteiger partial charge on any atom is -0.348 e. The summed E-state index contributed by atoms with van der Waals surface area (Å²) in [5.74, 6) is -0.444. The summed E-state index contributed by atoms with van der Waals surface area (Å²) in [6, 6.07) is 8.47. The minimum absolute atomic E-state index is 0.0299. The lowest BCUT2D eigenvalue weighted by molar-refractivity contribution is 0.163. The maximum absolute atomic E-state index is 13.9. The van der Waals surface area contributed by atoms with Gasteiger partial charge in [-0.25, -0.2) is 9.18 Å². The molecular formula is C17H19BrFN3O. The standard InChI is InChI=1S/C17H19BrFN3O/c1-2-4-16-15-5-3-8-21(15)9-10-22(16)17(23)20-14-7-6-12(18)11-13(14)19/h3,5-8,11,16H,2,4,9-10H2,1H3,(H,20,23)/t16-/m0/s1. The number of nitrogens with one attached hydrogen (secondary N) is 1. The zero-order valence-electron chi connectivity index (χ0n) is 12.9. The molecule has 1 aromatic heterocycles. The van der Waals surface area contributed by atoms with Gasteiger partial charge >= 0.3 is 6.03 Å². The number of hydrogen-bond donors (Lipinski definition) is 1. The fourth-order valence-corrected chi connectivity index (χ4v) is 3.40. The van der Waals surface area contributed by atoms with E-state index >= 15 is 0 Å². The Balaban J connectivity index is 1.81. The summed E-state index contributed by atoms with van der Waals surface area (Å²) in [6.45, 7) is 3.49. The Morgan fingerprint density at radius 3 is 2.96 bits per heavy atom. The maximum atomic E-state index is 13.9. The molecule has 2 aromatic rings. The van der Waals surface area contributed by atoms with Crippen LogP contribution in [0.5, 0.6) is 0 Å². The largest absolute Gasteiger partial charge is 0.348 e. The lowest BCUT2D eigenvalue weighted by Gasteiger charge is -2.37. The number of fused-ring (bicyclic) bond motifs is 1. The van der Waals surface area contributed by atoms with Crippen molar-refractivity contribution >= 4 is 27.6 Å². The van der Waals surface area contributed by atoms with E-state index in [0.717, 1.165) is 25.1 Å². The molecule has 23 heavy (non-hydrogen) atoms. The van der Waals surface area contributed by atoms with Crippen LogP contribution < -0.4 is 5.32 Å². The van der Waals surface area contributed by atoms with Gasteiger partial charge in [-0.2, -0.15) is 0 Å². The third kappa shape index (κ3) is 3.27. The molecule has 0 saturated carbocycles. The van der Waals surface area contributed by atoms with Gasteiger partial charge in [-0.3, -0.25) is 0 Å². The lowest BCUT2D eigenvalue weighted by Crippen LogP contribution is -2.44. The predicted molar refractivity (Wildman–Crippen MR) is 91.9 cm³/mol. The lowest BCUT2D eigenvalue weighted by atomic mass is 10.0. The molecule has 0 radical (unpaired) electrons. The van der Waals surface area contributed by atoms with Gasteiger partial charge in [0.15, 0.2) is 0 Å². The number of anilines is 1. The summed E-state index contributed by atoms with van der Waals surface area (Å²) in [5.41, 5.74) is 1.35. The minimum atomic E-state index is -0.444. The van der Waals surface area contributed by atoms with E-state index in [4.69, 9.17) is 0 Å². The van der Waals surface area contributed by atoms with Crippen LogP contribution in [0, 0.1) is 5.82 Å². The molecule has 6 heteroatoms. The molecule has 1 aliphatic heterocycles. The summed E-state index contributed by atoms with van der Waals surface area (Å²) in [5, 5.41) is 2.70. The Morgan fingerprint density at radius 2 is 2.22 bits per heavy atom. The van der Waals surface area contributed by atoms with E-state index in [1.54, 1.807) is 17.0 Å². The Kier molecular flexibility index (Phi) is 4.71. The van der Waals surface area contributed by atoms with E-state index in [9.17, 15) is 9.18 Å². The van der Waals surface area contributed by atoms with Crippen LogP contribution in [0.2, 0.25) is 0 Å². The molecule has 0 aliphatic carbocycles. The summed E-state index contributed by atoms with van der Waals surface area (Å²) in [6.07, 6.45) is 3.91. The highest BCUT2D eigenvalue weighted by atomic mass is 79.9. The number of amides is 2. The maximum Gasteiger partial charge on any atom is 0.322 e. The van der Waals surface area contributed by atoms with Crippen molar-refractivity contribution in [1.29, 1.82) is 0 Å². The van der Waals surface area contributed by atoms with Gasteiger partial charge in [0.25, 0.3) is 0 Å². The van der Waals surface area contributed by atoms with E-state index < -0.39 is 5.82 Å². The highest BCUT2D eigenvalue weighted by Gasteiger charge is 2.30. The summed E-state index contributed by atoms with van der Waals surface area (Å²) < 4.78 is 16.8. The van der Waals surface area contributed by atoms with E-state index in [0.29, 0.717) is 11.0 Å². The first-order valence-corrected chi connectivity index (χ1v) is 8.57. The average molecular weight is 380 g/mol. The smallest absolute Gasteiger partial charge is 0.322 e. The second-order valence-electron chi connectivity index (χ2n) is 5.68. The molecule has 4 nitrogen and oxygen atoms in total. The predicted octanol–water partition coefficient (Wildman–Crippen LogP) is 4.78. The SMILES string of the molecule is CCC[C@H]1c2cccn2CCN1C(=O)Nc1ccc(Br)cc1F. The number of hydrogen-bond acceptors (Lipinski definition) is 1. The molecule has 0 spiro atoms. The van der Waals surface area contributed by atoms with E-state index in [1.807, 2.05) is 12.3 Å². The molecule has 1 aliphatic rings. The normalized spacial score (nSPS) is 17.0. The quantitative estimate of drug-likeness (QED) is 0.818. The molecular weight excluding hydrogens is 361 g/mol. The van der Waals surface area contributed by atoms with Crippen LogP contribution in [0.4, 0.5) is 14.9 Å². The van der Waals surface area contributed by atoms with Gasteiger partial charge < -0.3 is 14.8 Å². The molecule has 0 bridgehead atoms. The van der Waals surface area contributed by atoms with Crippen molar-refractivity contribution in [2.75, 3.05) is 11.9 Å². The van der Waals surface area contributed by atoms with Crippen LogP contribution in [-0.2, 0) is 6.54 Å². The number of benzene rings is 1. The Morgan fingerprint density at radius 1 is 1.39 bits per heavy atom. The first kappa shape index (κ1) is 16.1. The van der Waals surface area contributed by atoms with Crippen molar-refractivity contribution in [3.8, 4) is 0 Å². The fourth-order valence-electron chi connectivity index (χ4n) is 3.06. The second kappa shape index (κ2) is 6.74. The summed E-state index contributed by atoms with van der Waals surface area (Å²) in [7, 11) is 0. The molecule has 1 aromatic carbocycles. The second-order valence-corrected chi connectivity index (χ2v) is 6.59. The first-order valence-electron chi connectivity index (χ1n) is 7.78. The van der Waals surface area contributed by atoms with Crippen LogP contribution in [0.3, 0.4) is 0 Å². The number of carbonyl (C=O) groups excluding carboxylic acids is 1. The van der Waals surface area contributed by atoms with Gasteiger partial charge in [-0.05, 0) is 36.8 Å². The van der Waals surface area contributed by atoms with Gasteiger partial charge in [-0.15, -0.1) is 0 Å². The van der Waals surface area contributed by atoms with Crippen molar-refractivity contribution in [3.63, 3.8) is 0 Å². The van der Waals surface area contributed by atoms with Crippen molar-refractivity contribution < 1.29 is 9.18 Å². The van der Waals surface area contributed by atoms with Crippen molar-refractivity contribution in [2.24, 2.45) is 0 Å². The van der Waals surface area contributed by atoms with Gasteiger partial charge in [0.2, 0.25) is 0 Å². The van der Waals surface area contributed by atoms with Crippen LogP contribution in [0.25, 0.3) is 0 Å². The van der Waals surface area contributed by atoms with Crippen LogP contribution in [0.15, 0.2) is 41.0 Å². The number of nitrogens with zero attached hydrogens (tertiary/aromatic N) is 2. The monoisotopic (exact) mass is 379 g/mol. The highest BCUT2D eigenvalue weighted by molar-refractivity contribution is 9.10. The molecule has 2 heterocycles. The Hall–Kier alpha value is -1.82. The summed E-state index contributed by atoms with van der Waals surface area (Å²) in [4.78, 5) is 14.5. The number of halogens is 2. The topological polar surface area (TPSA) is 37.3 Å². The van der Waals surface area contributed by atoms with Gasteiger partial charge in [0.05, 0.1) is 11.7 Å². The third-order valence-electron chi connectivity index (χ3n) is 4.16. The van der Waals surface area contributed by atoms with E-state index in [2.05, 4.69) is 38.8 Å². The van der Waals surface area contributed by atoms with E-state index in [-0.39, 0.29) is 17.8 Å². The van der Waals surface area contributed by atoms with Crippen LogP contribution >= 0.6 is 15.9 Å². The van der Waals surface area contributed by atoms with Crippen LogP contribution in [-0.4, -0.2) is 22.0 Å². The van der Waals surface area contributed by atoms with Crippen molar-refractivity contribution in [1.82, 2.24) is 9.47 Å². The molecule has 1 N–H and O–H groups in total. The molecule has 3 rings (SSSR count). The Bertz CT molecular complexity index is 716. The van der Waals surface area contributed by atoms with E-state index in [1.165, 1.54) is 6.07 Å². The fraction of sp³-hybridized carbons (Fsp3) is 0.353. The molecule has 122 valence electrons. The molecule has 0 saturated heterocycles. The molecule has 1 atom stereocenters. The third-order valence-corrected chi connectivity index (χ3v) is 4.65. The number of aromatic nitrogens is 1. The zero-order valence-corrected chi connectivity index (χ0v) is 14.5. The first-order chi connectivity index (χ1) is 11.1. The van der Waals surface area contributed by atoms with Gasteiger partial charge in [-0.1, -0.05) is 29.3 Å². The number of carbonyl (C=O) groups is 1. The number of urea groups is 1. The van der Waals surface area contributed by atoms with Crippen LogP contribution in [0.1, 0.15) is 31.5 Å². The Labute approximate surface area is 143 Å². The average Bonchev–Trinajstić information content (AvgIpc) is 2.99. The van der Waals surface area contributed by atoms with Crippen molar-refractivity contribution in [2.45, 2.75) is 32.4 Å². The zero-order chi connectivity index (χ0) is 16.4. The highest BCUT2D eigenvalue weighted by Crippen LogP contribution is 2.31. The van der Waals surface area contributed by atoms with Crippen molar-refractivity contribution in [3.05, 3.63) is 52.5 Å². The summed E-state index contributed by atoms with van der Waals surface area (Å²) >= 11 is 3.22. The van der Waals surface area contributed by atoms with Gasteiger partial charge in [0, 0.05) is 29.5 Å². The van der Waals surface area contributed by atoms with Gasteiger partial charge in [0.1, 0.15) is 5.82 Å².